The van der Waals surface area contributed by atoms with Gasteiger partial charge in [-0.2, -0.15) is 0 Å². The van der Waals surface area contributed by atoms with Gasteiger partial charge in [-0.1, -0.05) is 27.7 Å². The largest absolute Gasteiger partial charge is 0.370 e. The summed E-state index contributed by atoms with van der Waals surface area (Å²) in [5, 5.41) is 0. The zero-order chi connectivity index (χ0) is 16.9. The highest BCUT2D eigenvalue weighted by atomic mass is 16.5. The normalized spacial score (nSPS) is 14.3. The van der Waals surface area contributed by atoms with Crippen molar-refractivity contribution in [2.24, 2.45) is 5.92 Å². The van der Waals surface area contributed by atoms with Crippen LogP contribution in [-0.4, -0.2) is 34.7 Å². The summed E-state index contributed by atoms with van der Waals surface area (Å²) in [4.78, 5) is 2.58. The van der Waals surface area contributed by atoms with E-state index in [9.17, 15) is 0 Å². The first-order valence-corrected chi connectivity index (χ1v) is 8.80. The lowest BCUT2D eigenvalue weighted by molar-refractivity contribution is -0.147. The van der Waals surface area contributed by atoms with Crippen LogP contribution >= 0.6 is 0 Å². The van der Waals surface area contributed by atoms with Gasteiger partial charge in [0.2, 0.25) is 0 Å². The maximum atomic E-state index is 6.52. The fraction of sp³-hybridized carbons (Fsp3) is 1.00. The van der Waals surface area contributed by atoms with E-state index in [0.717, 1.165) is 25.9 Å². The Balaban J connectivity index is 4.84. The predicted octanol–water partition coefficient (Wildman–Crippen LogP) is 5.51. The molecule has 0 fully saturated rings. The summed E-state index contributed by atoms with van der Waals surface area (Å²) in [6, 6.07) is 0. The molecule has 0 aliphatic carbocycles. The molecule has 0 aliphatic rings. The molecular weight excluding hydrogens is 258 g/mol. The third kappa shape index (κ3) is 8.21. The van der Waals surface area contributed by atoms with Crippen LogP contribution < -0.4 is 0 Å². The van der Waals surface area contributed by atoms with Crippen LogP contribution in [0.1, 0.15) is 88.5 Å². The third-order valence-corrected chi connectivity index (χ3v) is 4.04. The van der Waals surface area contributed by atoms with Gasteiger partial charge in [0, 0.05) is 5.54 Å². The van der Waals surface area contributed by atoms with Crippen molar-refractivity contribution >= 4 is 0 Å². The van der Waals surface area contributed by atoms with E-state index in [4.69, 9.17) is 4.74 Å². The quantitative estimate of drug-likeness (QED) is 0.527. The second-order valence-electron chi connectivity index (χ2n) is 8.79. The van der Waals surface area contributed by atoms with Crippen LogP contribution in [0.3, 0.4) is 0 Å². The number of rotatable bonds is 10. The second-order valence-corrected chi connectivity index (χ2v) is 8.79. The van der Waals surface area contributed by atoms with Crippen molar-refractivity contribution in [3.05, 3.63) is 0 Å². The van der Waals surface area contributed by atoms with Gasteiger partial charge >= 0.3 is 0 Å². The third-order valence-electron chi connectivity index (χ3n) is 4.04. The second kappa shape index (κ2) is 7.97. The molecule has 0 rings (SSSR count). The first-order chi connectivity index (χ1) is 9.35. The molecule has 0 spiro atoms. The molecule has 0 aromatic carbocycles. The van der Waals surface area contributed by atoms with Crippen molar-refractivity contribution < 1.29 is 4.74 Å². The smallest absolute Gasteiger partial charge is 0.0651 e. The average molecular weight is 300 g/mol. The van der Waals surface area contributed by atoms with E-state index in [2.05, 4.69) is 74.1 Å². The summed E-state index contributed by atoms with van der Waals surface area (Å²) in [5.74, 6) is 0.663. The molecule has 0 saturated carbocycles. The first kappa shape index (κ1) is 20.9. The van der Waals surface area contributed by atoms with E-state index in [0.29, 0.717) is 5.92 Å². The van der Waals surface area contributed by atoms with Crippen LogP contribution in [0.15, 0.2) is 0 Å². The van der Waals surface area contributed by atoms with Crippen LogP contribution in [-0.2, 0) is 4.74 Å². The Labute approximate surface area is 134 Å². The Bertz CT molecular complexity index is 292. The summed E-state index contributed by atoms with van der Waals surface area (Å²) in [6.45, 7) is 25.0. The fourth-order valence-corrected chi connectivity index (χ4v) is 4.12. The average Bonchev–Trinajstić information content (AvgIpc) is 2.19. The maximum absolute atomic E-state index is 6.52. The Morgan fingerprint density at radius 1 is 0.905 bits per heavy atom. The van der Waals surface area contributed by atoms with Crippen LogP contribution in [0.25, 0.3) is 0 Å². The molecular formula is C19H41NO. The van der Waals surface area contributed by atoms with E-state index in [1.807, 2.05) is 0 Å². The molecule has 21 heavy (non-hydrogen) atoms. The molecule has 0 N–H and O–H groups in total. The topological polar surface area (TPSA) is 12.5 Å². The van der Waals surface area contributed by atoms with Crippen molar-refractivity contribution in [2.45, 2.75) is 105 Å². The summed E-state index contributed by atoms with van der Waals surface area (Å²) in [6.07, 6.45) is 3.36. The van der Waals surface area contributed by atoms with Gasteiger partial charge in [0.15, 0.2) is 0 Å². The van der Waals surface area contributed by atoms with E-state index in [1.165, 1.54) is 6.42 Å². The van der Waals surface area contributed by atoms with Crippen molar-refractivity contribution in [1.29, 1.82) is 0 Å². The molecule has 0 radical (unpaired) electrons. The van der Waals surface area contributed by atoms with E-state index in [-0.39, 0.29) is 16.7 Å². The van der Waals surface area contributed by atoms with Gasteiger partial charge in [0.25, 0.3) is 0 Å². The predicted molar refractivity (Wildman–Crippen MR) is 94.9 cm³/mol. The van der Waals surface area contributed by atoms with Crippen molar-refractivity contribution in [3.8, 4) is 0 Å². The maximum Gasteiger partial charge on any atom is 0.0651 e. The highest BCUT2D eigenvalue weighted by Crippen LogP contribution is 2.33. The zero-order valence-corrected chi connectivity index (χ0v) is 16.5. The van der Waals surface area contributed by atoms with Gasteiger partial charge in [-0.05, 0) is 79.8 Å². The van der Waals surface area contributed by atoms with Crippen LogP contribution in [0.2, 0.25) is 0 Å². The van der Waals surface area contributed by atoms with Crippen molar-refractivity contribution in [2.75, 3.05) is 13.1 Å². The molecule has 0 aliphatic heterocycles. The lowest BCUT2D eigenvalue weighted by atomic mass is 9.86. The molecule has 0 saturated heterocycles. The van der Waals surface area contributed by atoms with E-state index in [1.54, 1.807) is 0 Å². The Morgan fingerprint density at radius 3 is 1.81 bits per heavy atom. The minimum absolute atomic E-state index is 0.0600. The van der Waals surface area contributed by atoms with Gasteiger partial charge in [-0.25, -0.2) is 0 Å². The van der Waals surface area contributed by atoms with Crippen LogP contribution in [0.5, 0.6) is 0 Å². The van der Waals surface area contributed by atoms with Gasteiger partial charge in [-0.3, -0.25) is 4.90 Å². The SMILES string of the molecule is CCCN(CC)C(C)(C)CC(C)(C)OC(C)(C)CC(C)C. The lowest BCUT2D eigenvalue weighted by Gasteiger charge is -2.45. The standard InChI is InChI=1S/C19H41NO/c1-11-13-20(12-2)17(5,6)15-19(9,10)21-18(7,8)14-16(3)4/h16H,11-15H2,1-10H3. The van der Waals surface area contributed by atoms with Gasteiger partial charge in [-0.15, -0.1) is 0 Å². The first-order valence-electron chi connectivity index (χ1n) is 8.80. The Kier molecular flexibility index (Phi) is 7.94. The van der Waals surface area contributed by atoms with Gasteiger partial charge < -0.3 is 4.74 Å². The highest BCUT2D eigenvalue weighted by molar-refractivity contribution is 4.90. The van der Waals surface area contributed by atoms with Crippen LogP contribution in [0, 0.1) is 5.92 Å². The summed E-state index contributed by atoms with van der Waals surface area (Å²) >= 11 is 0. The molecule has 0 aromatic rings. The molecule has 2 heteroatoms. The highest BCUT2D eigenvalue weighted by Gasteiger charge is 2.37. The Morgan fingerprint density at radius 2 is 1.43 bits per heavy atom. The molecule has 0 amide bonds. The Hall–Kier alpha value is -0.0800. The van der Waals surface area contributed by atoms with Gasteiger partial charge in [0.05, 0.1) is 11.2 Å². The van der Waals surface area contributed by atoms with Gasteiger partial charge in [0.1, 0.15) is 0 Å². The number of hydrogen-bond acceptors (Lipinski definition) is 2. The molecule has 128 valence electrons. The monoisotopic (exact) mass is 299 g/mol. The molecule has 0 heterocycles. The number of nitrogens with zero attached hydrogens (tertiary/aromatic N) is 1. The molecule has 0 unspecified atom stereocenters. The summed E-state index contributed by atoms with van der Waals surface area (Å²) in [5.41, 5.74) is 0.000764. The molecule has 2 nitrogen and oxygen atoms in total. The minimum Gasteiger partial charge on any atom is -0.370 e. The molecule has 0 bridgehead atoms. The van der Waals surface area contributed by atoms with Crippen molar-refractivity contribution in [1.82, 2.24) is 4.90 Å². The van der Waals surface area contributed by atoms with E-state index < -0.39 is 0 Å². The lowest BCUT2D eigenvalue weighted by Crippen LogP contribution is -2.50. The molecule has 0 aromatic heterocycles. The molecule has 0 atom stereocenters. The van der Waals surface area contributed by atoms with E-state index >= 15 is 0 Å². The van der Waals surface area contributed by atoms with Crippen LogP contribution in [0.4, 0.5) is 0 Å². The zero-order valence-electron chi connectivity index (χ0n) is 16.5. The summed E-state index contributed by atoms with van der Waals surface area (Å²) in [7, 11) is 0. The number of hydrogen-bond donors (Lipinski definition) is 0. The summed E-state index contributed by atoms with van der Waals surface area (Å²) < 4.78 is 6.52. The van der Waals surface area contributed by atoms with Crippen molar-refractivity contribution in [3.63, 3.8) is 0 Å². The number of ether oxygens (including phenoxy) is 1. The fourth-order valence-electron chi connectivity index (χ4n) is 4.12. The minimum atomic E-state index is -0.108.